The minimum atomic E-state index is -4.37. The Balaban J connectivity index is 0.00000124. The second-order valence-electron chi connectivity index (χ2n) is 10.00. The number of pyridine rings is 1. The van der Waals surface area contributed by atoms with Gasteiger partial charge in [0.05, 0.1) is 21.9 Å². The van der Waals surface area contributed by atoms with Crippen molar-refractivity contribution >= 4 is 16.3 Å². The summed E-state index contributed by atoms with van der Waals surface area (Å²) in [7, 11) is -3.64. The number of sulfone groups is 1. The van der Waals surface area contributed by atoms with Crippen LogP contribution >= 0.6 is 0 Å². The quantitative estimate of drug-likeness (QED) is 0.388. The maximum absolute atomic E-state index is 13.3. The number of carbonyl (C=O) groups is 1. The van der Waals surface area contributed by atoms with Crippen LogP contribution in [0, 0.1) is 0 Å². The Morgan fingerprint density at radius 2 is 1.83 bits per heavy atom. The third-order valence-corrected chi connectivity index (χ3v) is 9.01. The van der Waals surface area contributed by atoms with Crippen LogP contribution in [0.3, 0.4) is 0 Å². The van der Waals surface area contributed by atoms with Crippen LogP contribution in [0.2, 0.25) is 0 Å². The number of hydrogen-bond donors (Lipinski definition) is 1. The van der Waals surface area contributed by atoms with Crippen LogP contribution in [-0.4, -0.2) is 65.1 Å². The molecule has 1 saturated carbocycles. The second kappa shape index (κ2) is 13.4. The van der Waals surface area contributed by atoms with Crippen molar-refractivity contribution in [2.24, 2.45) is 0 Å². The lowest BCUT2D eigenvalue weighted by molar-refractivity contribution is -0.137. The third kappa shape index (κ3) is 8.00. The van der Waals surface area contributed by atoms with Crippen molar-refractivity contribution in [3.8, 4) is 5.88 Å². The molecule has 1 aliphatic carbocycles. The number of likely N-dealkylation sites (tertiary alicyclic amines) is 1. The summed E-state index contributed by atoms with van der Waals surface area (Å²) in [6.45, 7) is 1.60. The zero-order valence-corrected chi connectivity index (χ0v) is 23.0. The average molecular weight is 593 g/mol. The van der Waals surface area contributed by atoms with Gasteiger partial charge in [-0.05, 0) is 74.9 Å². The van der Waals surface area contributed by atoms with Crippen molar-refractivity contribution in [3.05, 3.63) is 78.0 Å². The van der Waals surface area contributed by atoms with Crippen molar-refractivity contribution in [2.75, 3.05) is 13.1 Å². The Hall–Kier alpha value is -3.58. The van der Waals surface area contributed by atoms with Crippen molar-refractivity contribution in [3.63, 3.8) is 0 Å². The van der Waals surface area contributed by atoms with Crippen molar-refractivity contribution in [1.29, 1.82) is 0 Å². The van der Waals surface area contributed by atoms with Crippen LogP contribution in [0.15, 0.2) is 66.1 Å². The highest BCUT2D eigenvalue weighted by Gasteiger charge is 2.38. The second-order valence-corrected chi connectivity index (χ2v) is 12.0. The normalized spacial score (nSPS) is 21.5. The largest absolute Gasteiger partial charge is 0.483 e. The number of halogens is 3. The van der Waals surface area contributed by atoms with Crippen LogP contribution < -0.4 is 4.74 Å². The molecular weight excluding hydrogens is 561 g/mol. The fourth-order valence-electron chi connectivity index (χ4n) is 5.44. The zero-order valence-electron chi connectivity index (χ0n) is 22.2. The molecule has 0 unspecified atom stereocenters. The molecule has 3 aromatic rings. The molecule has 13 heteroatoms. The summed E-state index contributed by atoms with van der Waals surface area (Å²) in [4.78, 5) is 22.9. The zero-order chi connectivity index (χ0) is 29.5. The van der Waals surface area contributed by atoms with Gasteiger partial charge in [0.15, 0.2) is 9.84 Å². The SMILES string of the molecule is O=CO.O=S(=O)(Cc1ccncn1)c1ccc(O[C@H]2CC[C@H](c3cccc(C(F)(F)F)c3)C[C@@H]2N2CCCC2)nc1. The Kier molecular flexibility index (Phi) is 9.92. The smallest absolute Gasteiger partial charge is 0.416 e. The first-order valence-electron chi connectivity index (χ1n) is 13.2. The summed E-state index contributed by atoms with van der Waals surface area (Å²) < 4.78 is 71.7. The van der Waals surface area contributed by atoms with Gasteiger partial charge in [-0.1, -0.05) is 18.2 Å². The van der Waals surface area contributed by atoms with Gasteiger partial charge in [0.1, 0.15) is 12.4 Å². The highest BCUT2D eigenvalue weighted by Crippen LogP contribution is 2.39. The molecule has 0 radical (unpaired) electrons. The van der Waals surface area contributed by atoms with E-state index in [1.54, 1.807) is 18.2 Å². The van der Waals surface area contributed by atoms with Gasteiger partial charge in [-0.25, -0.2) is 23.4 Å². The van der Waals surface area contributed by atoms with Crippen molar-refractivity contribution in [1.82, 2.24) is 19.9 Å². The third-order valence-electron chi connectivity index (χ3n) is 7.37. The van der Waals surface area contributed by atoms with Gasteiger partial charge >= 0.3 is 6.18 Å². The van der Waals surface area contributed by atoms with Gasteiger partial charge in [-0.15, -0.1) is 0 Å². The number of alkyl halides is 3. The lowest BCUT2D eigenvalue weighted by Crippen LogP contribution is -2.48. The summed E-state index contributed by atoms with van der Waals surface area (Å²) in [5.74, 6) is 0.0799. The molecule has 1 aromatic carbocycles. The Labute approximate surface area is 236 Å². The molecular formula is C28H31F3N4O5S. The number of nitrogens with zero attached hydrogens (tertiary/aromatic N) is 4. The summed E-state index contributed by atoms with van der Waals surface area (Å²) in [6.07, 6.45) is 3.74. The highest BCUT2D eigenvalue weighted by molar-refractivity contribution is 7.90. The maximum atomic E-state index is 13.3. The number of carboxylic acid groups (broad SMARTS) is 1. The summed E-state index contributed by atoms with van der Waals surface area (Å²) in [5, 5.41) is 6.89. The number of aromatic nitrogens is 3. The Morgan fingerprint density at radius 3 is 2.46 bits per heavy atom. The number of hydrogen-bond acceptors (Lipinski definition) is 8. The molecule has 3 atom stereocenters. The summed E-state index contributed by atoms with van der Waals surface area (Å²) in [6, 6.07) is 10.3. The van der Waals surface area contributed by atoms with Gasteiger partial charge in [0.2, 0.25) is 5.88 Å². The molecule has 2 fully saturated rings. The number of benzene rings is 1. The van der Waals surface area contributed by atoms with E-state index in [1.165, 1.54) is 36.9 Å². The molecule has 5 rings (SSSR count). The van der Waals surface area contributed by atoms with Crippen LogP contribution in [0.25, 0.3) is 0 Å². The lowest BCUT2D eigenvalue weighted by Gasteiger charge is -2.41. The summed E-state index contributed by atoms with van der Waals surface area (Å²) in [5.41, 5.74) is 0.482. The molecule has 2 aliphatic rings. The van der Waals surface area contributed by atoms with E-state index in [0.717, 1.165) is 32.0 Å². The fourth-order valence-corrected chi connectivity index (χ4v) is 6.66. The molecule has 1 saturated heterocycles. The molecule has 0 amide bonds. The van der Waals surface area contributed by atoms with E-state index in [-0.39, 0.29) is 35.2 Å². The molecule has 0 bridgehead atoms. The van der Waals surface area contributed by atoms with E-state index in [4.69, 9.17) is 14.6 Å². The molecule has 9 nitrogen and oxygen atoms in total. The molecule has 3 heterocycles. The topological polar surface area (TPSA) is 123 Å². The first-order chi connectivity index (χ1) is 19.6. The standard InChI is InChI=1S/C27H29F3N4O3S.CH2O2/c28-27(29,30)21-5-3-4-19(14-21)20-6-8-25(24(15-20)34-12-1-2-13-34)37-26-9-7-23(16-32-26)38(35,36)17-22-10-11-31-18-33-22;2-1-3/h3-5,7,9-11,14,16,18,20,24-25H,1-2,6,8,12-13,15,17H2;1H,(H,2,3)/t20-,24-,25-;/m0./s1. The van der Waals surface area contributed by atoms with E-state index in [9.17, 15) is 21.6 Å². The number of ether oxygens (including phenoxy) is 1. The van der Waals surface area contributed by atoms with Crippen LogP contribution in [-0.2, 0) is 26.6 Å². The molecule has 1 aliphatic heterocycles. The highest BCUT2D eigenvalue weighted by atomic mass is 32.2. The van der Waals surface area contributed by atoms with Crippen molar-refractivity contribution in [2.45, 2.75) is 67.0 Å². The number of rotatable bonds is 7. The van der Waals surface area contributed by atoms with E-state index in [0.29, 0.717) is 36.4 Å². The van der Waals surface area contributed by atoms with E-state index >= 15 is 0 Å². The Bertz CT molecular complexity index is 1390. The fraction of sp³-hybridized carbons (Fsp3) is 0.429. The predicted octanol–water partition coefficient (Wildman–Crippen LogP) is 4.74. The van der Waals surface area contributed by atoms with E-state index in [2.05, 4.69) is 19.9 Å². The van der Waals surface area contributed by atoms with Gasteiger partial charge in [0, 0.05) is 24.5 Å². The van der Waals surface area contributed by atoms with E-state index in [1.807, 2.05) is 0 Å². The Morgan fingerprint density at radius 1 is 1.07 bits per heavy atom. The van der Waals surface area contributed by atoms with Crippen molar-refractivity contribution < 1.29 is 36.2 Å². The van der Waals surface area contributed by atoms with Crippen LogP contribution in [0.1, 0.15) is 54.8 Å². The van der Waals surface area contributed by atoms with Gasteiger partial charge in [0.25, 0.3) is 6.47 Å². The monoisotopic (exact) mass is 592 g/mol. The predicted molar refractivity (Wildman–Crippen MR) is 143 cm³/mol. The van der Waals surface area contributed by atoms with Crippen LogP contribution in [0.5, 0.6) is 5.88 Å². The first kappa shape index (κ1) is 30.4. The van der Waals surface area contributed by atoms with Gasteiger partial charge in [-0.2, -0.15) is 13.2 Å². The van der Waals surface area contributed by atoms with Gasteiger partial charge < -0.3 is 9.84 Å². The van der Waals surface area contributed by atoms with Gasteiger partial charge in [-0.3, -0.25) is 9.69 Å². The summed E-state index contributed by atoms with van der Waals surface area (Å²) >= 11 is 0. The molecule has 220 valence electrons. The minimum absolute atomic E-state index is 0.00465. The maximum Gasteiger partial charge on any atom is 0.416 e. The molecule has 41 heavy (non-hydrogen) atoms. The van der Waals surface area contributed by atoms with Crippen LogP contribution in [0.4, 0.5) is 13.2 Å². The molecule has 0 spiro atoms. The van der Waals surface area contributed by atoms with E-state index < -0.39 is 21.6 Å². The average Bonchev–Trinajstić information content (AvgIpc) is 3.49. The first-order valence-corrected chi connectivity index (χ1v) is 14.9. The minimum Gasteiger partial charge on any atom is -0.483 e. The molecule has 1 N–H and O–H groups in total. The lowest BCUT2D eigenvalue weighted by atomic mass is 9.79. The molecule has 2 aromatic heterocycles.